The molecule has 1 amide bonds. The normalized spacial score (nSPS) is 10.0. The zero-order valence-electron chi connectivity index (χ0n) is 9.63. The fraction of sp³-hybridized carbons (Fsp3) is 0.0833. The van der Waals surface area contributed by atoms with Crippen LogP contribution in [0, 0.1) is 0 Å². The van der Waals surface area contributed by atoms with Crippen LogP contribution in [0.15, 0.2) is 36.5 Å². The van der Waals surface area contributed by atoms with Crippen molar-refractivity contribution in [1.82, 2.24) is 10.2 Å². The van der Waals surface area contributed by atoms with Crippen LogP contribution in [0.25, 0.3) is 0 Å². The summed E-state index contributed by atoms with van der Waals surface area (Å²) in [7, 11) is 0. The van der Waals surface area contributed by atoms with E-state index in [1.165, 1.54) is 0 Å². The van der Waals surface area contributed by atoms with Crippen molar-refractivity contribution < 1.29 is 4.79 Å². The first-order valence-corrected chi connectivity index (χ1v) is 5.36. The standard InChI is InChI=1S/C12H13N5O/c13-10-6-8(12(14)18)3-4-11(10)15-7-9-2-1-5-16-17-9/h1-6,15H,7,13H2,(H2,14,18). The molecule has 2 rings (SSSR count). The number of anilines is 2. The molecule has 0 aliphatic heterocycles. The smallest absolute Gasteiger partial charge is 0.248 e. The fourth-order valence-electron chi connectivity index (χ4n) is 1.49. The van der Waals surface area contributed by atoms with Crippen molar-refractivity contribution in [3.8, 4) is 0 Å². The van der Waals surface area contributed by atoms with Gasteiger partial charge in [0, 0.05) is 11.8 Å². The van der Waals surface area contributed by atoms with Crippen molar-refractivity contribution >= 4 is 17.3 Å². The van der Waals surface area contributed by atoms with E-state index in [1.807, 2.05) is 12.1 Å². The number of aromatic nitrogens is 2. The SMILES string of the molecule is NC(=O)c1ccc(NCc2cccnn2)c(N)c1. The number of nitrogens with zero attached hydrogens (tertiary/aromatic N) is 2. The second kappa shape index (κ2) is 5.13. The molecule has 5 N–H and O–H groups in total. The maximum Gasteiger partial charge on any atom is 0.248 e. The maximum atomic E-state index is 11.0. The highest BCUT2D eigenvalue weighted by atomic mass is 16.1. The third-order valence-corrected chi connectivity index (χ3v) is 2.42. The molecule has 0 atom stereocenters. The number of amides is 1. The van der Waals surface area contributed by atoms with E-state index in [0.717, 1.165) is 11.4 Å². The molecule has 6 heteroatoms. The number of nitrogens with one attached hydrogen (secondary N) is 1. The van der Waals surface area contributed by atoms with Gasteiger partial charge in [0.1, 0.15) is 0 Å². The van der Waals surface area contributed by atoms with Gasteiger partial charge in [-0.3, -0.25) is 4.79 Å². The molecule has 0 spiro atoms. The molecular formula is C12H13N5O. The fourth-order valence-corrected chi connectivity index (χ4v) is 1.49. The maximum absolute atomic E-state index is 11.0. The first-order chi connectivity index (χ1) is 8.66. The summed E-state index contributed by atoms with van der Waals surface area (Å²) in [5.74, 6) is -0.498. The van der Waals surface area contributed by atoms with E-state index >= 15 is 0 Å². The lowest BCUT2D eigenvalue weighted by molar-refractivity contribution is 0.100. The Bertz CT molecular complexity index is 556. The summed E-state index contributed by atoms with van der Waals surface area (Å²) >= 11 is 0. The molecule has 1 aromatic carbocycles. The summed E-state index contributed by atoms with van der Waals surface area (Å²) in [6, 6.07) is 8.54. The monoisotopic (exact) mass is 243 g/mol. The van der Waals surface area contributed by atoms with Crippen LogP contribution in [0.4, 0.5) is 11.4 Å². The van der Waals surface area contributed by atoms with Gasteiger partial charge in [-0.2, -0.15) is 10.2 Å². The molecular weight excluding hydrogens is 230 g/mol. The summed E-state index contributed by atoms with van der Waals surface area (Å²) in [6.45, 7) is 0.508. The molecule has 6 nitrogen and oxygen atoms in total. The largest absolute Gasteiger partial charge is 0.397 e. The molecule has 0 unspecified atom stereocenters. The minimum atomic E-state index is -0.498. The summed E-state index contributed by atoms with van der Waals surface area (Å²) in [5, 5.41) is 10.8. The number of carbonyl (C=O) groups is 1. The Morgan fingerprint density at radius 1 is 1.33 bits per heavy atom. The van der Waals surface area contributed by atoms with Gasteiger partial charge in [-0.25, -0.2) is 0 Å². The minimum Gasteiger partial charge on any atom is -0.397 e. The Balaban J connectivity index is 2.08. The van der Waals surface area contributed by atoms with Crippen LogP contribution in [0.3, 0.4) is 0 Å². The van der Waals surface area contributed by atoms with Crippen molar-refractivity contribution in [3.05, 3.63) is 47.8 Å². The van der Waals surface area contributed by atoms with E-state index in [9.17, 15) is 4.79 Å². The van der Waals surface area contributed by atoms with E-state index in [4.69, 9.17) is 11.5 Å². The van der Waals surface area contributed by atoms with Crippen LogP contribution in [-0.4, -0.2) is 16.1 Å². The summed E-state index contributed by atoms with van der Waals surface area (Å²) in [4.78, 5) is 11.0. The molecule has 0 bridgehead atoms. The van der Waals surface area contributed by atoms with Gasteiger partial charge in [0.15, 0.2) is 0 Å². The Hall–Kier alpha value is -2.63. The second-order valence-corrected chi connectivity index (χ2v) is 3.73. The predicted octanol–water partition coefficient (Wildman–Crippen LogP) is 0.770. The molecule has 0 fully saturated rings. The highest BCUT2D eigenvalue weighted by molar-refractivity contribution is 5.94. The van der Waals surface area contributed by atoms with Gasteiger partial charge in [-0.1, -0.05) is 0 Å². The average Bonchev–Trinajstić information content (AvgIpc) is 2.38. The minimum absolute atomic E-state index is 0.387. The van der Waals surface area contributed by atoms with Gasteiger partial charge in [0.05, 0.1) is 23.6 Å². The first kappa shape index (κ1) is 11.8. The van der Waals surface area contributed by atoms with Gasteiger partial charge < -0.3 is 16.8 Å². The molecule has 1 aromatic heterocycles. The van der Waals surface area contributed by atoms with Gasteiger partial charge in [0.25, 0.3) is 0 Å². The number of carbonyl (C=O) groups excluding carboxylic acids is 1. The molecule has 0 radical (unpaired) electrons. The van der Waals surface area contributed by atoms with Crippen molar-refractivity contribution in [1.29, 1.82) is 0 Å². The van der Waals surface area contributed by atoms with E-state index in [1.54, 1.807) is 24.4 Å². The lowest BCUT2D eigenvalue weighted by Crippen LogP contribution is -2.12. The summed E-state index contributed by atoms with van der Waals surface area (Å²) in [5.41, 5.74) is 13.4. The zero-order chi connectivity index (χ0) is 13.0. The number of hydrogen-bond donors (Lipinski definition) is 3. The van der Waals surface area contributed by atoms with Crippen LogP contribution >= 0.6 is 0 Å². The van der Waals surface area contributed by atoms with Crippen LogP contribution < -0.4 is 16.8 Å². The first-order valence-electron chi connectivity index (χ1n) is 5.36. The number of hydrogen-bond acceptors (Lipinski definition) is 5. The molecule has 18 heavy (non-hydrogen) atoms. The second-order valence-electron chi connectivity index (χ2n) is 3.73. The number of primary amides is 1. The number of benzene rings is 1. The van der Waals surface area contributed by atoms with Crippen LogP contribution in [0.1, 0.15) is 16.1 Å². The molecule has 0 aliphatic carbocycles. The number of rotatable bonds is 4. The Morgan fingerprint density at radius 2 is 2.17 bits per heavy atom. The lowest BCUT2D eigenvalue weighted by atomic mass is 10.1. The van der Waals surface area contributed by atoms with Crippen molar-refractivity contribution in [2.75, 3.05) is 11.1 Å². The highest BCUT2D eigenvalue weighted by Crippen LogP contribution is 2.20. The Morgan fingerprint density at radius 3 is 2.78 bits per heavy atom. The van der Waals surface area contributed by atoms with E-state index in [2.05, 4.69) is 15.5 Å². The lowest BCUT2D eigenvalue weighted by Gasteiger charge is -2.09. The molecule has 0 saturated carbocycles. The number of nitrogen functional groups attached to an aromatic ring is 1. The van der Waals surface area contributed by atoms with E-state index in [-0.39, 0.29) is 0 Å². The molecule has 1 heterocycles. The van der Waals surface area contributed by atoms with Gasteiger partial charge >= 0.3 is 0 Å². The zero-order valence-corrected chi connectivity index (χ0v) is 9.63. The van der Waals surface area contributed by atoms with E-state index in [0.29, 0.717) is 17.8 Å². The van der Waals surface area contributed by atoms with Crippen molar-refractivity contribution in [2.24, 2.45) is 5.73 Å². The summed E-state index contributed by atoms with van der Waals surface area (Å²) in [6.07, 6.45) is 1.61. The van der Waals surface area contributed by atoms with E-state index < -0.39 is 5.91 Å². The third-order valence-electron chi connectivity index (χ3n) is 2.42. The topological polar surface area (TPSA) is 107 Å². The molecule has 92 valence electrons. The van der Waals surface area contributed by atoms with Crippen LogP contribution in [0.5, 0.6) is 0 Å². The molecule has 0 saturated heterocycles. The average molecular weight is 243 g/mol. The Kier molecular flexibility index (Phi) is 3.38. The molecule has 0 aliphatic rings. The van der Waals surface area contributed by atoms with Crippen LogP contribution in [-0.2, 0) is 6.54 Å². The van der Waals surface area contributed by atoms with Gasteiger partial charge in [0.2, 0.25) is 5.91 Å². The van der Waals surface area contributed by atoms with Crippen LogP contribution in [0.2, 0.25) is 0 Å². The quantitative estimate of drug-likeness (QED) is 0.687. The summed E-state index contributed by atoms with van der Waals surface area (Å²) < 4.78 is 0. The molecule has 2 aromatic rings. The third kappa shape index (κ3) is 2.73. The van der Waals surface area contributed by atoms with Gasteiger partial charge in [-0.05, 0) is 30.3 Å². The highest BCUT2D eigenvalue weighted by Gasteiger charge is 2.04. The van der Waals surface area contributed by atoms with Crippen molar-refractivity contribution in [2.45, 2.75) is 6.54 Å². The van der Waals surface area contributed by atoms with Crippen molar-refractivity contribution in [3.63, 3.8) is 0 Å². The Labute approximate surface area is 104 Å². The van der Waals surface area contributed by atoms with Gasteiger partial charge in [-0.15, -0.1) is 0 Å². The number of nitrogens with two attached hydrogens (primary N) is 2. The predicted molar refractivity (Wildman–Crippen MR) is 68.7 cm³/mol.